The molecule has 0 saturated carbocycles. The molecule has 0 unspecified atom stereocenters. The molecule has 0 aliphatic carbocycles. The van der Waals surface area contributed by atoms with Gasteiger partial charge in [-0.2, -0.15) is 0 Å². The average Bonchev–Trinajstić information content (AvgIpc) is 3.07. The molecule has 10 nitrogen and oxygen atoms in total. The Bertz CT molecular complexity index is 820. The number of nitrogens with zero attached hydrogens (tertiary/aromatic N) is 4. The first-order valence-electron chi connectivity index (χ1n) is 9.84. The van der Waals surface area contributed by atoms with E-state index < -0.39 is 5.91 Å². The topological polar surface area (TPSA) is 152 Å². The van der Waals surface area contributed by atoms with Gasteiger partial charge in [0.2, 0.25) is 5.91 Å². The van der Waals surface area contributed by atoms with Crippen LogP contribution in [0, 0.1) is 3.70 Å². The van der Waals surface area contributed by atoms with E-state index in [1.807, 2.05) is 27.5 Å². The van der Waals surface area contributed by atoms with Gasteiger partial charge < -0.3 is 21.7 Å². The van der Waals surface area contributed by atoms with Crippen LogP contribution in [0.15, 0.2) is 4.99 Å². The minimum Gasteiger partial charge on any atom is -0.382 e. The van der Waals surface area contributed by atoms with Gasteiger partial charge in [-0.05, 0) is 41.9 Å². The Kier molecular flexibility index (Phi) is 6.75. The summed E-state index contributed by atoms with van der Waals surface area (Å²) in [5, 5.41) is 6.04. The zero-order valence-electron chi connectivity index (χ0n) is 16.5. The normalized spacial score (nSPS) is 17.7. The molecule has 0 aromatic carbocycles. The maximum absolute atomic E-state index is 12.5. The van der Waals surface area contributed by atoms with E-state index in [-0.39, 0.29) is 28.8 Å². The molecule has 158 valence electrons. The lowest BCUT2D eigenvalue weighted by molar-refractivity contribution is -0.132. The number of guanidine groups is 1. The fourth-order valence-electron chi connectivity index (χ4n) is 3.56. The highest BCUT2D eigenvalue weighted by molar-refractivity contribution is 14.1. The maximum Gasteiger partial charge on any atom is 0.280 e. The molecular weight excluding hydrogens is 487 g/mol. The summed E-state index contributed by atoms with van der Waals surface area (Å²) >= 11 is 1.90. The van der Waals surface area contributed by atoms with Crippen molar-refractivity contribution in [2.45, 2.75) is 51.0 Å². The summed E-state index contributed by atoms with van der Waals surface area (Å²) in [6, 6.07) is 0. The van der Waals surface area contributed by atoms with Gasteiger partial charge in [0.05, 0.1) is 12.1 Å². The third kappa shape index (κ3) is 5.06. The number of nitrogens with two attached hydrogens (primary N) is 2. The lowest BCUT2D eigenvalue weighted by Gasteiger charge is -2.39. The Morgan fingerprint density at radius 1 is 1.21 bits per heavy atom. The number of nitrogen functional groups attached to an aromatic ring is 2. The standard InChI is InChI=1S/C18H27IN8O2/c1-2-3-4-5-11(28)27-8-6-18(7-9-27)10-22-17(26-18)25-16(29)12-14(20)24-15(21)13(19)23-12/h2-10H2,1H3,(H4,20,21,24)(H2,22,25,26,29). The second kappa shape index (κ2) is 9.09. The third-order valence-electron chi connectivity index (χ3n) is 5.34. The van der Waals surface area contributed by atoms with Crippen LogP contribution in [0.1, 0.15) is 55.9 Å². The molecule has 3 rings (SSSR count). The molecule has 2 amide bonds. The molecule has 3 heterocycles. The summed E-state index contributed by atoms with van der Waals surface area (Å²) < 4.78 is 0.413. The number of carbonyl (C=O) groups excluding carboxylic acids is 2. The number of aromatic nitrogens is 2. The molecule has 0 bridgehead atoms. The molecule has 0 atom stereocenters. The number of nitrogens with one attached hydrogen (secondary N) is 2. The van der Waals surface area contributed by atoms with Gasteiger partial charge in [0, 0.05) is 19.5 Å². The van der Waals surface area contributed by atoms with Crippen molar-refractivity contribution in [2.75, 3.05) is 31.1 Å². The van der Waals surface area contributed by atoms with Gasteiger partial charge in [-0.25, -0.2) is 9.97 Å². The van der Waals surface area contributed by atoms with Crippen molar-refractivity contribution in [2.24, 2.45) is 4.99 Å². The lowest BCUT2D eigenvalue weighted by atomic mass is 9.88. The van der Waals surface area contributed by atoms with E-state index in [2.05, 4.69) is 32.5 Å². The van der Waals surface area contributed by atoms with E-state index in [1.165, 1.54) is 0 Å². The highest BCUT2D eigenvalue weighted by Crippen LogP contribution is 2.26. The fraction of sp³-hybridized carbons (Fsp3) is 0.611. The van der Waals surface area contributed by atoms with Crippen LogP contribution in [0.25, 0.3) is 0 Å². The number of likely N-dealkylation sites (tertiary alicyclic amines) is 1. The first-order valence-corrected chi connectivity index (χ1v) is 10.9. The number of hydrogen-bond acceptors (Lipinski definition) is 8. The summed E-state index contributed by atoms with van der Waals surface area (Å²) in [4.78, 5) is 39.2. The predicted molar refractivity (Wildman–Crippen MR) is 119 cm³/mol. The Morgan fingerprint density at radius 2 is 1.93 bits per heavy atom. The van der Waals surface area contributed by atoms with Crippen molar-refractivity contribution < 1.29 is 9.59 Å². The van der Waals surface area contributed by atoms with Crippen LogP contribution in [-0.4, -0.2) is 57.8 Å². The molecule has 1 saturated heterocycles. The Balaban J connectivity index is 1.52. The third-order valence-corrected chi connectivity index (χ3v) is 6.14. The maximum atomic E-state index is 12.5. The van der Waals surface area contributed by atoms with Crippen LogP contribution < -0.4 is 22.1 Å². The number of anilines is 2. The van der Waals surface area contributed by atoms with Crippen LogP contribution in [0.4, 0.5) is 11.6 Å². The summed E-state index contributed by atoms with van der Waals surface area (Å²) in [6.07, 6.45) is 5.34. The van der Waals surface area contributed by atoms with Crippen molar-refractivity contribution in [3.63, 3.8) is 0 Å². The second-order valence-corrected chi connectivity index (χ2v) is 8.52. The van der Waals surface area contributed by atoms with Crippen LogP contribution in [-0.2, 0) is 4.79 Å². The van der Waals surface area contributed by atoms with E-state index >= 15 is 0 Å². The van der Waals surface area contributed by atoms with Crippen molar-refractivity contribution in [3.8, 4) is 0 Å². The largest absolute Gasteiger partial charge is 0.382 e. The van der Waals surface area contributed by atoms with Crippen LogP contribution in [0.3, 0.4) is 0 Å². The monoisotopic (exact) mass is 514 g/mol. The highest BCUT2D eigenvalue weighted by Gasteiger charge is 2.40. The Labute approximate surface area is 183 Å². The van der Waals surface area contributed by atoms with E-state index in [0.29, 0.717) is 35.7 Å². The van der Waals surface area contributed by atoms with Gasteiger partial charge >= 0.3 is 0 Å². The number of hydrogen-bond donors (Lipinski definition) is 4. The zero-order chi connectivity index (χ0) is 21.0. The molecule has 0 radical (unpaired) electrons. The van der Waals surface area contributed by atoms with Crippen molar-refractivity contribution in [1.29, 1.82) is 0 Å². The van der Waals surface area contributed by atoms with Crippen molar-refractivity contribution >= 4 is 52.0 Å². The molecule has 2 aliphatic rings. The molecule has 11 heteroatoms. The average molecular weight is 514 g/mol. The summed E-state index contributed by atoms with van der Waals surface area (Å²) in [5.74, 6) is 0.299. The molecule has 1 spiro atoms. The van der Waals surface area contributed by atoms with Crippen LogP contribution in [0.2, 0.25) is 0 Å². The number of unbranched alkanes of at least 4 members (excludes halogenated alkanes) is 2. The summed E-state index contributed by atoms with van der Waals surface area (Å²) in [6.45, 7) is 4.08. The molecule has 1 aromatic rings. The predicted octanol–water partition coefficient (Wildman–Crippen LogP) is 0.876. The summed E-state index contributed by atoms with van der Waals surface area (Å²) in [5.41, 5.74) is 11.2. The van der Waals surface area contributed by atoms with E-state index in [0.717, 1.165) is 32.1 Å². The van der Waals surface area contributed by atoms with E-state index in [9.17, 15) is 9.59 Å². The van der Waals surface area contributed by atoms with E-state index in [1.54, 1.807) is 0 Å². The molecule has 6 N–H and O–H groups in total. The number of rotatable bonds is 5. The Morgan fingerprint density at radius 3 is 2.62 bits per heavy atom. The van der Waals surface area contributed by atoms with Crippen LogP contribution in [0.5, 0.6) is 0 Å². The minimum atomic E-state index is -0.486. The second-order valence-electron chi connectivity index (χ2n) is 7.50. The molecule has 1 aromatic heterocycles. The first kappa shape index (κ1) is 21.5. The SMILES string of the molecule is CCCCCC(=O)N1CCC2(CC1)CN=C(NC(=O)c1nc(I)c(N)nc1N)N2. The van der Waals surface area contributed by atoms with Crippen LogP contribution >= 0.6 is 22.6 Å². The zero-order valence-corrected chi connectivity index (χ0v) is 18.7. The van der Waals surface area contributed by atoms with Crippen molar-refractivity contribution in [3.05, 3.63) is 9.39 Å². The first-order chi connectivity index (χ1) is 13.8. The molecule has 29 heavy (non-hydrogen) atoms. The van der Waals surface area contributed by atoms with Gasteiger partial charge in [0.25, 0.3) is 5.91 Å². The molecule has 1 fully saturated rings. The molecular formula is C18H27IN8O2. The smallest absolute Gasteiger partial charge is 0.280 e. The quantitative estimate of drug-likeness (QED) is 0.336. The van der Waals surface area contributed by atoms with Gasteiger partial charge in [0.1, 0.15) is 3.70 Å². The van der Waals surface area contributed by atoms with Crippen molar-refractivity contribution in [1.82, 2.24) is 25.5 Å². The Hall–Kier alpha value is -2.18. The number of piperidine rings is 1. The molecule has 2 aliphatic heterocycles. The van der Waals surface area contributed by atoms with Gasteiger partial charge in [-0.3, -0.25) is 19.9 Å². The summed E-state index contributed by atoms with van der Waals surface area (Å²) in [7, 11) is 0. The fourth-order valence-corrected chi connectivity index (χ4v) is 3.92. The number of aliphatic imine (C=N–C) groups is 1. The number of amides is 2. The van der Waals surface area contributed by atoms with E-state index in [4.69, 9.17) is 11.5 Å². The highest BCUT2D eigenvalue weighted by atomic mass is 127. The number of halogens is 1. The van der Waals surface area contributed by atoms with Gasteiger partial charge in [-0.1, -0.05) is 19.8 Å². The number of carbonyl (C=O) groups is 2. The minimum absolute atomic E-state index is 0.0153. The lowest BCUT2D eigenvalue weighted by Crippen LogP contribution is -2.56. The van der Waals surface area contributed by atoms with Gasteiger partial charge in [0.15, 0.2) is 23.3 Å². The van der Waals surface area contributed by atoms with Gasteiger partial charge in [-0.15, -0.1) is 0 Å².